The molecule has 1 aliphatic carbocycles. The van der Waals surface area contributed by atoms with E-state index in [0.29, 0.717) is 12.6 Å². The molecule has 2 rings (SSSR count). The summed E-state index contributed by atoms with van der Waals surface area (Å²) in [4.78, 5) is 5.50. The van der Waals surface area contributed by atoms with Gasteiger partial charge in [-0.1, -0.05) is 5.16 Å². The van der Waals surface area contributed by atoms with Crippen molar-refractivity contribution in [3.8, 4) is 0 Å². The summed E-state index contributed by atoms with van der Waals surface area (Å²) in [5.41, 5.74) is 5.77. The van der Waals surface area contributed by atoms with Crippen LogP contribution in [0.2, 0.25) is 0 Å². The zero-order valence-electron chi connectivity index (χ0n) is 8.66. The first-order valence-corrected chi connectivity index (χ1v) is 5.37. The van der Waals surface area contributed by atoms with Crippen molar-refractivity contribution in [1.29, 1.82) is 0 Å². The van der Waals surface area contributed by atoms with Crippen LogP contribution >= 0.6 is 0 Å². The van der Waals surface area contributed by atoms with Gasteiger partial charge in [0.1, 0.15) is 5.60 Å². The lowest BCUT2D eigenvalue weighted by molar-refractivity contribution is -0.0478. The van der Waals surface area contributed by atoms with Crippen molar-refractivity contribution < 1.29 is 9.57 Å². The number of nitrogens with zero attached hydrogens (tertiary/aromatic N) is 1. The Bertz CT molecular complexity index is 232. The minimum atomic E-state index is -0.0830. The molecule has 0 bridgehead atoms. The molecule has 0 unspecified atom stereocenters. The van der Waals surface area contributed by atoms with E-state index in [1.807, 2.05) is 6.92 Å². The van der Waals surface area contributed by atoms with Gasteiger partial charge < -0.3 is 15.3 Å². The maximum Gasteiger partial charge on any atom is 0.229 e. The van der Waals surface area contributed by atoms with Crippen molar-refractivity contribution >= 4 is 5.90 Å². The first-order valence-electron chi connectivity index (χ1n) is 5.37. The highest BCUT2D eigenvalue weighted by Crippen LogP contribution is 2.38. The van der Waals surface area contributed by atoms with Gasteiger partial charge in [0.15, 0.2) is 0 Å². The van der Waals surface area contributed by atoms with Gasteiger partial charge in [-0.15, -0.1) is 0 Å². The van der Waals surface area contributed by atoms with Crippen LogP contribution in [0.4, 0.5) is 0 Å². The van der Waals surface area contributed by atoms with Gasteiger partial charge in [0.2, 0.25) is 5.90 Å². The Hall–Kier alpha value is -0.770. The summed E-state index contributed by atoms with van der Waals surface area (Å²) in [5.74, 6) is 0.753. The molecule has 0 aromatic rings. The van der Waals surface area contributed by atoms with Gasteiger partial charge in [-0.2, -0.15) is 0 Å². The van der Waals surface area contributed by atoms with Crippen LogP contribution in [0, 0.1) is 0 Å². The summed E-state index contributed by atoms with van der Waals surface area (Å²) in [6, 6.07) is 0.348. The smallest absolute Gasteiger partial charge is 0.229 e. The van der Waals surface area contributed by atoms with E-state index in [1.54, 1.807) is 0 Å². The predicted molar refractivity (Wildman–Crippen MR) is 53.9 cm³/mol. The SMILES string of the molecule is CCOC1=NOC2(CCC(N)CC2)C1. The molecule has 2 aliphatic rings. The summed E-state index contributed by atoms with van der Waals surface area (Å²) >= 11 is 0. The lowest BCUT2D eigenvalue weighted by atomic mass is 9.81. The highest BCUT2D eigenvalue weighted by molar-refractivity contribution is 5.78. The topological polar surface area (TPSA) is 56.8 Å². The molecule has 1 heterocycles. The Morgan fingerprint density at radius 3 is 2.93 bits per heavy atom. The molecule has 2 N–H and O–H groups in total. The van der Waals surface area contributed by atoms with Gasteiger partial charge in [-0.25, -0.2) is 0 Å². The number of nitrogens with two attached hydrogens (primary N) is 1. The lowest BCUT2D eigenvalue weighted by Crippen LogP contribution is -2.39. The Balaban J connectivity index is 1.89. The van der Waals surface area contributed by atoms with Crippen molar-refractivity contribution in [3.05, 3.63) is 0 Å². The standard InChI is InChI=1S/C10H18N2O2/c1-2-13-9-7-10(14-12-9)5-3-8(11)4-6-10/h8H,2-7,11H2,1H3. The third kappa shape index (κ3) is 1.85. The minimum absolute atomic E-state index is 0.0830. The Morgan fingerprint density at radius 2 is 2.29 bits per heavy atom. The fourth-order valence-electron chi connectivity index (χ4n) is 2.17. The molecule has 0 radical (unpaired) electrons. The van der Waals surface area contributed by atoms with Crippen LogP contribution in [-0.2, 0) is 9.57 Å². The Kier molecular flexibility index (Phi) is 2.63. The van der Waals surface area contributed by atoms with Gasteiger partial charge in [-0.05, 0) is 32.6 Å². The van der Waals surface area contributed by atoms with E-state index in [9.17, 15) is 0 Å². The Morgan fingerprint density at radius 1 is 1.57 bits per heavy atom. The van der Waals surface area contributed by atoms with E-state index in [2.05, 4.69) is 5.16 Å². The highest BCUT2D eigenvalue weighted by Gasteiger charge is 2.42. The van der Waals surface area contributed by atoms with Crippen molar-refractivity contribution in [3.63, 3.8) is 0 Å². The highest BCUT2D eigenvalue weighted by atomic mass is 16.7. The number of ether oxygens (including phenoxy) is 1. The first-order chi connectivity index (χ1) is 6.74. The summed E-state index contributed by atoms with van der Waals surface area (Å²) in [7, 11) is 0. The van der Waals surface area contributed by atoms with E-state index < -0.39 is 0 Å². The Labute approximate surface area is 84.4 Å². The predicted octanol–water partition coefficient (Wildman–Crippen LogP) is 1.40. The van der Waals surface area contributed by atoms with E-state index in [1.165, 1.54) is 0 Å². The monoisotopic (exact) mass is 198 g/mol. The fraction of sp³-hybridized carbons (Fsp3) is 0.900. The quantitative estimate of drug-likeness (QED) is 0.692. The second-order valence-corrected chi connectivity index (χ2v) is 4.21. The third-order valence-electron chi connectivity index (χ3n) is 3.07. The van der Waals surface area contributed by atoms with Crippen LogP contribution in [-0.4, -0.2) is 24.1 Å². The van der Waals surface area contributed by atoms with Crippen LogP contribution in [0.25, 0.3) is 0 Å². The van der Waals surface area contributed by atoms with Crippen LogP contribution in [0.3, 0.4) is 0 Å². The molecule has 14 heavy (non-hydrogen) atoms. The van der Waals surface area contributed by atoms with Crippen molar-refractivity contribution in [2.75, 3.05) is 6.61 Å². The second kappa shape index (κ2) is 3.77. The molecular weight excluding hydrogens is 180 g/mol. The van der Waals surface area contributed by atoms with Crippen LogP contribution in [0.1, 0.15) is 39.0 Å². The average molecular weight is 198 g/mol. The van der Waals surface area contributed by atoms with E-state index in [4.69, 9.17) is 15.3 Å². The summed E-state index contributed by atoms with van der Waals surface area (Å²) < 4.78 is 5.35. The number of hydrogen-bond donors (Lipinski definition) is 1. The zero-order chi connectivity index (χ0) is 10.0. The third-order valence-corrected chi connectivity index (χ3v) is 3.07. The number of rotatable bonds is 1. The fourth-order valence-corrected chi connectivity index (χ4v) is 2.17. The normalized spacial score (nSPS) is 36.7. The molecule has 1 spiro atoms. The van der Waals surface area contributed by atoms with Crippen molar-refractivity contribution in [2.45, 2.75) is 50.7 Å². The molecule has 80 valence electrons. The molecule has 0 aromatic carbocycles. The lowest BCUT2D eigenvalue weighted by Gasteiger charge is -2.32. The summed E-state index contributed by atoms with van der Waals surface area (Å²) in [6.07, 6.45) is 4.92. The molecule has 0 aromatic heterocycles. The maximum absolute atomic E-state index is 5.85. The molecule has 0 amide bonds. The molecular formula is C10H18N2O2. The van der Waals surface area contributed by atoms with E-state index >= 15 is 0 Å². The van der Waals surface area contributed by atoms with Crippen LogP contribution in [0.15, 0.2) is 5.16 Å². The van der Waals surface area contributed by atoms with Crippen molar-refractivity contribution in [2.24, 2.45) is 10.9 Å². The minimum Gasteiger partial charge on any atom is -0.479 e. The molecule has 1 saturated carbocycles. The van der Waals surface area contributed by atoms with Crippen LogP contribution < -0.4 is 5.73 Å². The zero-order valence-corrected chi connectivity index (χ0v) is 8.66. The molecule has 1 fully saturated rings. The van der Waals surface area contributed by atoms with Gasteiger partial charge in [-0.3, -0.25) is 0 Å². The molecule has 0 saturated heterocycles. The average Bonchev–Trinajstić information content (AvgIpc) is 2.56. The number of hydrogen-bond acceptors (Lipinski definition) is 4. The maximum atomic E-state index is 5.85. The first kappa shape index (κ1) is 9.77. The van der Waals surface area contributed by atoms with Gasteiger partial charge in [0.25, 0.3) is 0 Å². The van der Waals surface area contributed by atoms with Gasteiger partial charge in [0, 0.05) is 6.04 Å². The van der Waals surface area contributed by atoms with E-state index in [-0.39, 0.29) is 5.60 Å². The molecule has 4 nitrogen and oxygen atoms in total. The molecule has 1 aliphatic heterocycles. The number of oxime groups is 1. The van der Waals surface area contributed by atoms with Crippen molar-refractivity contribution in [1.82, 2.24) is 0 Å². The largest absolute Gasteiger partial charge is 0.479 e. The van der Waals surface area contributed by atoms with Gasteiger partial charge >= 0.3 is 0 Å². The van der Waals surface area contributed by atoms with Gasteiger partial charge in [0.05, 0.1) is 13.0 Å². The molecule has 4 heteroatoms. The van der Waals surface area contributed by atoms with Crippen LogP contribution in [0.5, 0.6) is 0 Å². The summed E-state index contributed by atoms with van der Waals surface area (Å²) in [5, 5.41) is 3.98. The van der Waals surface area contributed by atoms with E-state index in [0.717, 1.165) is 38.0 Å². The molecule has 0 atom stereocenters. The second-order valence-electron chi connectivity index (χ2n) is 4.21. The summed E-state index contributed by atoms with van der Waals surface area (Å²) in [6.45, 7) is 2.63.